The van der Waals surface area contributed by atoms with Gasteiger partial charge in [0.25, 0.3) is 0 Å². The molecule has 1 spiro atoms. The van der Waals surface area contributed by atoms with Crippen LogP contribution in [0.4, 0.5) is 0 Å². The number of hydrogen-bond donors (Lipinski definition) is 2. The Morgan fingerprint density at radius 1 is 1.18 bits per heavy atom. The third-order valence-corrected chi connectivity index (χ3v) is 5.65. The zero-order valence-electron chi connectivity index (χ0n) is 12.8. The number of nitrogens with zero attached hydrogens (tertiary/aromatic N) is 2. The van der Waals surface area contributed by atoms with E-state index in [1.54, 1.807) is 0 Å². The molecule has 2 fully saturated rings. The van der Waals surface area contributed by atoms with Gasteiger partial charge in [0, 0.05) is 12.1 Å². The topological polar surface area (TPSA) is 52.1 Å². The second kappa shape index (κ2) is 5.52. The Kier molecular flexibility index (Phi) is 3.51. The van der Waals surface area contributed by atoms with Gasteiger partial charge in [-0.2, -0.15) is 5.10 Å². The summed E-state index contributed by atoms with van der Waals surface area (Å²) in [7, 11) is 0. The largest absolute Gasteiger partial charge is 0.393 e. The Labute approximate surface area is 131 Å². The van der Waals surface area contributed by atoms with Gasteiger partial charge in [0.15, 0.2) is 0 Å². The number of piperidine rings is 1. The maximum absolute atomic E-state index is 10.0. The van der Waals surface area contributed by atoms with Gasteiger partial charge in [0.2, 0.25) is 0 Å². The summed E-state index contributed by atoms with van der Waals surface area (Å²) in [5, 5.41) is 17.4. The Balaban J connectivity index is 1.44. The van der Waals surface area contributed by atoms with E-state index in [-0.39, 0.29) is 11.5 Å². The molecule has 0 amide bonds. The molecule has 2 aromatic rings. The molecular formula is C18H23N3O. The summed E-state index contributed by atoms with van der Waals surface area (Å²) in [6, 6.07) is 10.4. The third kappa shape index (κ3) is 2.36. The summed E-state index contributed by atoms with van der Waals surface area (Å²) < 4.78 is 0. The molecule has 0 bridgehead atoms. The van der Waals surface area contributed by atoms with Crippen LogP contribution in [0.2, 0.25) is 0 Å². The van der Waals surface area contributed by atoms with Crippen molar-refractivity contribution in [2.45, 2.75) is 38.3 Å². The number of likely N-dealkylation sites (tertiary alicyclic amines) is 1. The number of aliphatic hydroxyl groups excluding tert-OH is 1. The van der Waals surface area contributed by atoms with Crippen molar-refractivity contribution in [3.05, 3.63) is 42.1 Å². The van der Waals surface area contributed by atoms with Crippen LogP contribution in [-0.2, 0) is 6.54 Å². The van der Waals surface area contributed by atoms with E-state index in [1.807, 2.05) is 12.3 Å². The molecule has 2 heterocycles. The molecule has 4 heteroatoms. The number of rotatable bonds is 3. The van der Waals surface area contributed by atoms with Gasteiger partial charge < -0.3 is 5.11 Å². The van der Waals surface area contributed by atoms with Gasteiger partial charge in [-0.1, -0.05) is 30.3 Å². The lowest BCUT2D eigenvalue weighted by atomic mass is 9.61. The molecule has 1 aromatic heterocycles. The SMILES string of the molecule is OC1CCC12CCN(Cc1cn[nH]c1-c1ccccc1)CC2. The van der Waals surface area contributed by atoms with Gasteiger partial charge in [-0.3, -0.25) is 10.00 Å². The zero-order valence-corrected chi connectivity index (χ0v) is 12.8. The quantitative estimate of drug-likeness (QED) is 0.916. The smallest absolute Gasteiger partial charge is 0.0695 e. The summed E-state index contributed by atoms with van der Waals surface area (Å²) >= 11 is 0. The maximum Gasteiger partial charge on any atom is 0.0695 e. The van der Waals surface area contributed by atoms with Crippen molar-refractivity contribution >= 4 is 0 Å². The predicted molar refractivity (Wildman–Crippen MR) is 86.2 cm³/mol. The molecule has 1 saturated heterocycles. The molecular weight excluding hydrogens is 274 g/mol. The van der Waals surface area contributed by atoms with Crippen LogP contribution >= 0.6 is 0 Å². The lowest BCUT2D eigenvalue weighted by molar-refractivity contribution is -0.100. The fourth-order valence-electron chi connectivity index (χ4n) is 3.95. The van der Waals surface area contributed by atoms with Crippen LogP contribution in [0.1, 0.15) is 31.2 Å². The molecule has 116 valence electrons. The molecule has 2 N–H and O–H groups in total. The van der Waals surface area contributed by atoms with E-state index in [9.17, 15) is 5.11 Å². The zero-order chi connectivity index (χ0) is 15.0. The number of hydrogen-bond acceptors (Lipinski definition) is 3. The summed E-state index contributed by atoms with van der Waals surface area (Å²) in [5.41, 5.74) is 3.83. The van der Waals surface area contributed by atoms with Gasteiger partial charge in [0.1, 0.15) is 0 Å². The number of nitrogens with one attached hydrogen (secondary N) is 1. The normalized spacial score (nSPS) is 24.3. The van der Waals surface area contributed by atoms with Crippen molar-refractivity contribution in [1.82, 2.24) is 15.1 Å². The average molecular weight is 297 g/mol. The predicted octanol–water partition coefficient (Wildman–Crippen LogP) is 2.81. The van der Waals surface area contributed by atoms with Crippen molar-refractivity contribution < 1.29 is 5.11 Å². The molecule has 1 atom stereocenters. The fourth-order valence-corrected chi connectivity index (χ4v) is 3.95. The minimum atomic E-state index is -0.0524. The first-order valence-corrected chi connectivity index (χ1v) is 8.25. The van der Waals surface area contributed by atoms with E-state index in [2.05, 4.69) is 39.4 Å². The number of H-pyrrole nitrogens is 1. The molecule has 4 nitrogen and oxygen atoms in total. The van der Waals surface area contributed by atoms with Crippen LogP contribution in [0.25, 0.3) is 11.3 Å². The van der Waals surface area contributed by atoms with E-state index in [4.69, 9.17) is 0 Å². The first-order chi connectivity index (χ1) is 10.8. The molecule has 1 aliphatic carbocycles. The first-order valence-electron chi connectivity index (χ1n) is 8.25. The van der Waals surface area contributed by atoms with E-state index >= 15 is 0 Å². The number of aliphatic hydroxyl groups is 1. The molecule has 1 aliphatic heterocycles. The Morgan fingerprint density at radius 2 is 1.95 bits per heavy atom. The lowest BCUT2D eigenvalue weighted by Crippen LogP contribution is -2.51. The Hall–Kier alpha value is -1.65. The average Bonchev–Trinajstić information content (AvgIpc) is 3.03. The number of aromatic amines is 1. The monoisotopic (exact) mass is 297 g/mol. The first kappa shape index (κ1) is 14.0. The highest BCUT2D eigenvalue weighted by Gasteiger charge is 2.47. The van der Waals surface area contributed by atoms with Crippen LogP contribution in [0.3, 0.4) is 0 Å². The van der Waals surface area contributed by atoms with E-state index < -0.39 is 0 Å². The van der Waals surface area contributed by atoms with E-state index in [0.29, 0.717) is 0 Å². The third-order valence-electron chi connectivity index (χ3n) is 5.65. The number of benzene rings is 1. The van der Waals surface area contributed by atoms with Crippen molar-refractivity contribution in [2.75, 3.05) is 13.1 Å². The molecule has 4 rings (SSSR count). The highest BCUT2D eigenvalue weighted by Crippen LogP contribution is 2.49. The van der Waals surface area contributed by atoms with Gasteiger partial charge in [0.05, 0.1) is 18.0 Å². The summed E-state index contributed by atoms with van der Waals surface area (Å²) in [6.45, 7) is 3.10. The van der Waals surface area contributed by atoms with Crippen LogP contribution in [0, 0.1) is 5.41 Å². The molecule has 1 saturated carbocycles. The van der Waals surface area contributed by atoms with Gasteiger partial charge in [-0.25, -0.2) is 0 Å². The highest BCUT2D eigenvalue weighted by molar-refractivity contribution is 5.62. The van der Waals surface area contributed by atoms with Crippen LogP contribution < -0.4 is 0 Å². The van der Waals surface area contributed by atoms with Gasteiger partial charge >= 0.3 is 0 Å². The minimum Gasteiger partial charge on any atom is -0.393 e. The van der Waals surface area contributed by atoms with Crippen molar-refractivity contribution in [3.63, 3.8) is 0 Å². The van der Waals surface area contributed by atoms with Crippen molar-refractivity contribution in [2.24, 2.45) is 5.41 Å². The molecule has 0 radical (unpaired) electrons. The maximum atomic E-state index is 10.0. The van der Waals surface area contributed by atoms with Crippen molar-refractivity contribution in [1.29, 1.82) is 0 Å². The van der Waals surface area contributed by atoms with Gasteiger partial charge in [-0.05, 0) is 49.8 Å². The van der Waals surface area contributed by atoms with Gasteiger partial charge in [-0.15, -0.1) is 0 Å². The highest BCUT2D eigenvalue weighted by atomic mass is 16.3. The van der Waals surface area contributed by atoms with E-state index in [0.717, 1.165) is 44.6 Å². The summed E-state index contributed by atoms with van der Waals surface area (Å²) in [5.74, 6) is 0. The summed E-state index contributed by atoms with van der Waals surface area (Å²) in [4.78, 5) is 2.49. The number of aromatic nitrogens is 2. The molecule has 22 heavy (non-hydrogen) atoms. The van der Waals surface area contributed by atoms with Crippen LogP contribution in [0.5, 0.6) is 0 Å². The molecule has 2 aliphatic rings. The lowest BCUT2D eigenvalue weighted by Gasteiger charge is -2.51. The minimum absolute atomic E-state index is 0.0524. The Morgan fingerprint density at radius 3 is 2.59 bits per heavy atom. The van der Waals surface area contributed by atoms with Crippen molar-refractivity contribution in [3.8, 4) is 11.3 Å². The van der Waals surface area contributed by atoms with E-state index in [1.165, 1.54) is 17.5 Å². The van der Waals surface area contributed by atoms with Crippen LogP contribution in [0.15, 0.2) is 36.5 Å². The summed E-state index contributed by atoms with van der Waals surface area (Å²) in [6.07, 6.45) is 6.37. The molecule has 1 aromatic carbocycles. The molecule has 1 unspecified atom stereocenters. The second-order valence-corrected chi connectivity index (χ2v) is 6.83. The standard InChI is InChI=1S/C18H23N3O/c22-16-6-7-18(16)8-10-21(11-9-18)13-15-12-19-20-17(15)14-4-2-1-3-5-14/h1-5,12,16,22H,6-11,13H2,(H,19,20). The second-order valence-electron chi connectivity index (χ2n) is 6.83. The Bertz CT molecular complexity index is 629. The fraction of sp³-hybridized carbons (Fsp3) is 0.500. The van der Waals surface area contributed by atoms with Crippen LogP contribution in [-0.4, -0.2) is 39.4 Å².